The average Bonchev–Trinajstić information content (AvgIpc) is 3.04. The first kappa shape index (κ1) is 20.4. The molecule has 1 aromatic carbocycles. The van der Waals surface area contributed by atoms with Crippen molar-refractivity contribution in [2.45, 2.75) is 45.4 Å². The molecule has 152 valence electrons. The molecule has 1 aliphatic carbocycles. The highest BCUT2D eigenvalue weighted by Gasteiger charge is 2.23. The van der Waals surface area contributed by atoms with Gasteiger partial charge in [-0.2, -0.15) is 0 Å². The molecule has 1 saturated carbocycles. The number of rotatable bonds is 6. The van der Waals surface area contributed by atoms with Crippen molar-refractivity contribution in [3.8, 4) is 0 Å². The third-order valence-electron chi connectivity index (χ3n) is 5.39. The molecule has 0 saturated heterocycles. The molecule has 1 aromatic heterocycles. The second kappa shape index (κ2) is 9.24. The van der Waals surface area contributed by atoms with Crippen molar-refractivity contribution in [2.24, 2.45) is 5.92 Å². The van der Waals surface area contributed by atoms with Gasteiger partial charge in [-0.15, -0.1) is 0 Å². The zero-order chi connectivity index (χ0) is 20.1. The number of ether oxygens (including phenoxy) is 2. The van der Waals surface area contributed by atoms with Crippen LogP contribution in [-0.4, -0.2) is 49.0 Å². The number of carbonyl (C=O) groups is 2. The van der Waals surface area contributed by atoms with E-state index in [1.54, 1.807) is 0 Å². The summed E-state index contributed by atoms with van der Waals surface area (Å²) in [6, 6.07) is 6.00. The number of aromatic nitrogens is 1. The van der Waals surface area contributed by atoms with Crippen LogP contribution in [0.5, 0.6) is 0 Å². The van der Waals surface area contributed by atoms with Crippen LogP contribution in [0.15, 0.2) is 24.4 Å². The fourth-order valence-electron chi connectivity index (χ4n) is 3.77. The second-order valence-corrected chi connectivity index (χ2v) is 7.92. The van der Waals surface area contributed by atoms with E-state index < -0.39 is 6.09 Å². The lowest BCUT2D eigenvalue weighted by molar-refractivity contribution is -0.157. The third-order valence-corrected chi connectivity index (χ3v) is 5.39. The maximum Gasteiger partial charge on any atom is 0.421 e. The van der Waals surface area contributed by atoms with E-state index in [2.05, 4.69) is 11.0 Å². The molecule has 2 aromatic rings. The fourth-order valence-corrected chi connectivity index (χ4v) is 3.77. The van der Waals surface area contributed by atoms with E-state index in [4.69, 9.17) is 9.47 Å². The summed E-state index contributed by atoms with van der Waals surface area (Å²) < 4.78 is 11.9. The Balaban J connectivity index is 1.66. The zero-order valence-electron chi connectivity index (χ0n) is 17.1. The Morgan fingerprint density at radius 2 is 1.89 bits per heavy atom. The van der Waals surface area contributed by atoms with Crippen molar-refractivity contribution in [1.82, 2.24) is 9.47 Å². The van der Waals surface area contributed by atoms with E-state index in [1.807, 2.05) is 39.3 Å². The Morgan fingerprint density at radius 3 is 2.61 bits per heavy atom. The van der Waals surface area contributed by atoms with Crippen LogP contribution in [0.2, 0.25) is 0 Å². The highest BCUT2D eigenvalue weighted by atomic mass is 16.7. The van der Waals surface area contributed by atoms with Gasteiger partial charge in [-0.05, 0) is 58.0 Å². The summed E-state index contributed by atoms with van der Waals surface area (Å²) in [4.78, 5) is 26.8. The Hall–Kier alpha value is -2.34. The number of benzene rings is 1. The minimum absolute atomic E-state index is 0.0551. The number of hydrogen-bond donors (Lipinski definition) is 0. The third kappa shape index (κ3) is 4.93. The Labute approximate surface area is 166 Å². The minimum Gasteiger partial charge on any atom is -0.428 e. The molecule has 1 aliphatic rings. The molecule has 0 atom stereocenters. The number of likely N-dealkylation sites (N-methyl/N-ethyl adjacent to an activating group) is 1. The minimum atomic E-state index is -0.526. The van der Waals surface area contributed by atoms with Gasteiger partial charge in [0.25, 0.3) is 0 Å². The maximum atomic E-state index is 12.6. The van der Waals surface area contributed by atoms with Gasteiger partial charge in [-0.25, -0.2) is 4.79 Å². The first-order valence-corrected chi connectivity index (χ1v) is 10.0. The number of hydrogen-bond acceptors (Lipinski definition) is 5. The molecule has 6 heteroatoms. The molecule has 0 aliphatic heterocycles. The van der Waals surface area contributed by atoms with Crippen molar-refractivity contribution in [3.63, 3.8) is 0 Å². The predicted molar refractivity (Wildman–Crippen MR) is 108 cm³/mol. The SMILES string of the molecule is Cc1ccc2c(c1)c(CCN(C)C)cn2C(=O)OCOC(=O)C1CCCCC1. The first-order chi connectivity index (χ1) is 13.5. The number of esters is 1. The van der Waals surface area contributed by atoms with Crippen molar-refractivity contribution < 1.29 is 19.1 Å². The maximum absolute atomic E-state index is 12.6. The molecule has 28 heavy (non-hydrogen) atoms. The van der Waals surface area contributed by atoms with Gasteiger partial charge in [0.1, 0.15) is 0 Å². The predicted octanol–water partition coefficient (Wildman–Crippen LogP) is 4.12. The van der Waals surface area contributed by atoms with Gasteiger partial charge >= 0.3 is 12.1 Å². The Bertz CT molecular complexity index is 834. The van der Waals surface area contributed by atoms with E-state index in [-0.39, 0.29) is 18.7 Å². The monoisotopic (exact) mass is 386 g/mol. The van der Waals surface area contributed by atoms with Crippen molar-refractivity contribution in [3.05, 3.63) is 35.5 Å². The number of carbonyl (C=O) groups excluding carboxylic acids is 2. The lowest BCUT2D eigenvalue weighted by Gasteiger charge is -2.19. The number of aryl methyl sites for hydroxylation is 1. The quantitative estimate of drug-likeness (QED) is 0.552. The summed E-state index contributed by atoms with van der Waals surface area (Å²) in [6.07, 6.45) is 7.17. The molecule has 6 nitrogen and oxygen atoms in total. The van der Waals surface area contributed by atoms with Crippen LogP contribution in [0.3, 0.4) is 0 Å². The molecule has 0 unspecified atom stereocenters. The van der Waals surface area contributed by atoms with Gasteiger partial charge in [-0.3, -0.25) is 9.36 Å². The Kier molecular flexibility index (Phi) is 6.73. The van der Waals surface area contributed by atoms with E-state index in [0.29, 0.717) is 0 Å². The smallest absolute Gasteiger partial charge is 0.421 e. The van der Waals surface area contributed by atoms with Crippen LogP contribution in [0.1, 0.15) is 43.2 Å². The summed E-state index contributed by atoms with van der Waals surface area (Å²) in [5.41, 5.74) is 3.05. The molecule has 3 rings (SSSR count). The highest BCUT2D eigenvalue weighted by molar-refractivity contribution is 5.92. The average molecular weight is 386 g/mol. The largest absolute Gasteiger partial charge is 0.428 e. The molecule has 0 amide bonds. The molecule has 0 bridgehead atoms. The molecule has 0 radical (unpaired) electrons. The van der Waals surface area contributed by atoms with E-state index in [9.17, 15) is 9.59 Å². The summed E-state index contributed by atoms with van der Waals surface area (Å²) in [6.45, 7) is 2.59. The van der Waals surface area contributed by atoms with Gasteiger partial charge in [0.2, 0.25) is 6.79 Å². The molecular formula is C22H30N2O4. The van der Waals surface area contributed by atoms with E-state index in [0.717, 1.165) is 60.7 Å². The van der Waals surface area contributed by atoms with Crippen molar-refractivity contribution in [2.75, 3.05) is 27.4 Å². The van der Waals surface area contributed by atoms with Gasteiger partial charge < -0.3 is 14.4 Å². The standard InChI is InChI=1S/C22H30N2O4/c1-16-9-10-20-19(13-16)18(11-12-23(2)3)14-24(20)22(26)28-15-27-21(25)17-7-5-4-6-8-17/h9-10,13-14,17H,4-8,11-12,15H2,1-3H3. The summed E-state index contributed by atoms with van der Waals surface area (Å²) in [7, 11) is 4.05. The van der Waals surface area contributed by atoms with E-state index >= 15 is 0 Å². The topological polar surface area (TPSA) is 60.8 Å². The van der Waals surface area contributed by atoms with Crippen LogP contribution >= 0.6 is 0 Å². The van der Waals surface area contributed by atoms with Crippen LogP contribution in [0.4, 0.5) is 4.79 Å². The normalized spacial score (nSPS) is 15.1. The second-order valence-electron chi connectivity index (χ2n) is 7.92. The lowest BCUT2D eigenvalue weighted by atomic mass is 9.89. The molecular weight excluding hydrogens is 356 g/mol. The fraction of sp³-hybridized carbons (Fsp3) is 0.545. The summed E-state index contributed by atoms with van der Waals surface area (Å²) in [5, 5.41) is 1.05. The lowest BCUT2D eigenvalue weighted by Crippen LogP contribution is -2.23. The zero-order valence-corrected chi connectivity index (χ0v) is 17.1. The van der Waals surface area contributed by atoms with E-state index in [1.165, 1.54) is 11.0 Å². The van der Waals surface area contributed by atoms with Gasteiger partial charge in [-0.1, -0.05) is 30.9 Å². The van der Waals surface area contributed by atoms with Crippen molar-refractivity contribution >= 4 is 23.0 Å². The molecule has 1 fully saturated rings. The Morgan fingerprint density at radius 1 is 1.14 bits per heavy atom. The van der Waals surface area contributed by atoms with Crippen LogP contribution < -0.4 is 0 Å². The highest BCUT2D eigenvalue weighted by Crippen LogP contribution is 2.25. The first-order valence-electron chi connectivity index (χ1n) is 10.0. The van der Waals surface area contributed by atoms with Gasteiger partial charge in [0.05, 0.1) is 11.4 Å². The molecule has 1 heterocycles. The summed E-state index contributed by atoms with van der Waals surface area (Å²) in [5.74, 6) is -0.312. The van der Waals surface area contributed by atoms with Crippen molar-refractivity contribution in [1.29, 1.82) is 0 Å². The van der Waals surface area contributed by atoms with Crippen LogP contribution in [0.25, 0.3) is 10.9 Å². The van der Waals surface area contributed by atoms with Crippen LogP contribution in [-0.2, 0) is 20.7 Å². The summed E-state index contributed by atoms with van der Waals surface area (Å²) >= 11 is 0. The number of nitrogens with zero attached hydrogens (tertiary/aromatic N) is 2. The van der Waals surface area contributed by atoms with Gasteiger partial charge in [0, 0.05) is 18.1 Å². The molecule has 0 N–H and O–H groups in total. The van der Waals surface area contributed by atoms with Crippen LogP contribution in [0, 0.1) is 12.8 Å². The number of fused-ring (bicyclic) bond motifs is 1. The van der Waals surface area contributed by atoms with Gasteiger partial charge in [0.15, 0.2) is 0 Å². The molecule has 0 spiro atoms.